The second-order valence-electron chi connectivity index (χ2n) is 8.41. The Morgan fingerprint density at radius 1 is 1.33 bits per heavy atom. The Hall–Kier alpha value is -2.98. The summed E-state index contributed by atoms with van der Waals surface area (Å²) in [6.07, 6.45) is -5.27. The molecular formula is C17H22ClN9O6. The normalized spacial score (nSPS) is 24.4. The third-order valence-corrected chi connectivity index (χ3v) is 5.12. The molecule has 1 aliphatic heterocycles. The number of nitrogen functional groups attached to an aromatic ring is 1. The van der Waals surface area contributed by atoms with Crippen molar-refractivity contribution in [2.24, 2.45) is 0 Å². The summed E-state index contributed by atoms with van der Waals surface area (Å²) in [7, 11) is 0. The summed E-state index contributed by atoms with van der Waals surface area (Å²) >= 11 is 5.87. The van der Waals surface area contributed by atoms with Crippen molar-refractivity contribution < 1.29 is 29.6 Å². The topological polar surface area (TPSA) is 209 Å². The number of aromatic nitrogens is 8. The molecule has 0 spiro atoms. The van der Waals surface area contributed by atoms with E-state index in [4.69, 9.17) is 26.8 Å². The minimum atomic E-state index is -1.56. The highest BCUT2D eigenvalue weighted by Gasteiger charge is 2.45. The molecule has 15 nitrogen and oxygen atoms in total. The van der Waals surface area contributed by atoms with Gasteiger partial charge in [-0.3, -0.25) is 4.57 Å². The van der Waals surface area contributed by atoms with E-state index in [-0.39, 0.29) is 34.7 Å². The molecule has 0 aromatic carbocycles. The van der Waals surface area contributed by atoms with E-state index in [0.29, 0.717) is 0 Å². The molecule has 1 saturated heterocycles. The fourth-order valence-electron chi connectivity index (χ4n) is 3.26. The van der Waals surface area contributed by atoms with E-state index < -0.39 is 42.2 Å². The quantitative estimate of drug-likeness (QED) is 0.319. The van der Waals surface area contributed by atoms with E-state index in [1.165, 1.54) is 15.7 Å². The van der Waals surface area contributed by atoms with Crippen LogP contribution in [0.2, 0.25) is 5.28 Å². The molecule has 33 heavy (non-hydrogen) atoms. The van der Waals surface area contributed by atoms with Crippen LogP contribution in [0.1, 0.15) is 38.9 Å². The Morgan fingerprint density at radius 2 is 2.06 bits per heavy atom. The molecule has 1 fully saturated rings. The Labute approximate surface area is 191 Å². The van der Waals surface area contributed by atoms with Crippen molar-refractivity contribution >= 4 is 34.6 Å². The van der Waals surface area contributed by atoms with Gasteiger partial charge in [-0.25, -0.2) is 9.78 Å². The van der Waals surface area contributed by atoms with Crippen LogP contribution in [0.25, 0.3) is 11.2 Å². The number of aliphatic carboxylic acids is 1. The number of tetrazole rings is 1. The predicted octanol–water partition coefficient (Wildman–Crippen LogP) is -0.735. The number of rotatable bonds is 6. The van der Waals surface area contributed by atoms with Gasteiger partial charge in [-0.1, -0.05) is 0 Å². The third kappa shape index (κ3) is 4.32. The van der Waals surface area contributed by atoms with Gasteiger partial charge in [0.1, 0.15) is 23.8 Å². The van der Waals surface area contributed by atoms with Gasteiger partial charge in [0, 0.05) is 0 Å². The molecule has 0 amide bonds. The Morgan fingerprint density at radius 3 is 2.70 bits per heavy atom. The van der Waals surface area contributed by atoms with Crippen molar-refractivity contribution in [1.29, 1.82) is 0 Å². The van der Waals surface area contributed by atoms with Crippen LogP contribution in [0.4, 0.5) is 5.82 Å². The lowest BCUT2D eigenvalue weighted by atomic mass is 10.1. The summed E-state index contributed by atoms with van der Waals surface area (Å²) in [5, 5.41) is 42.1. The first-order chi connectivity index (χ1) is 15.5. The molecule has 5 N–H and O–H groups in total. The molecule has 5 atom stereocenters. The van der Waals surface area contributed by atoms with Crippen molar-refractivity contribution in [3.63, 3.8) is 0 Å². The van der Waals surface area contributed by atoms with Gasteiger partial charge >= 0.3 is 5.97 Å². The van der Waals surface area contributed by atoms with Gasteiger partial charge in [-0.05, 0) is 37.6 Å². The summed E-state index contributed by atoms with van der Waals surface area (Å²) in [6, 6.07) is 0. The highest BCUT2D eigenvalue weighted by molar-refractivity contribution is 6.28. The number of aliphatic hydroxyl groups excluding tert-OH is 2. The molecule has 4 rings (SSSR count). The number of carboxylic acid groups (broad SMARTS) is 1. The number of carboxylic acids is 1. The number of aliphatic hydroxyl groups is 2. The highest BCUT2D eigenvalue weighted by atomic mass is 35.5. The van der Waals surface area contributed by atoms with Crippen LogP contribution < -0.4 is 5.73 Å². The minimum absolute atomic E-state index is 0.0387. The number of carbonyl (C=O) groups is 1. The van der Waals surface area contributed by atoms with Crippen molar-refractivity contribution in [2.45, 2.75) is 57.0 Å². The first-order valence-electron chi connectivity index (χ1n) is 9.79. The predicted molar refractivity (Wildman–Crippen MR) is 110 cm³/mol. The molecule has 3 aromatic rings. The lowest BCUT2D eigenvalue weighted by Gasteiger charge is -2.18. The second-order valence-corrected chi connectivity index (χ2v) is 8.75. The van der Waals surface area contributed by atoms with Crippen LogP contribution in [0, 0.1) is 0 Å². The van der Waals surface area contributed by atoms with E-state index in [1.807, 2.05) is 20.8 Å². The molecule has 16 heteroatoms. The van der Waals surface area contributed by atoms with Crippen LogP contribution in [0.5, 0.6) is 0 Å². The fraction of sp³-hybridized carbons (Fsp3) is 0.588. The number of hydrogen-bond acceptors (Lipinski definition) is 12. The molecule has 3 aromatic heterocycles. The highest BCUT2D eigenvalue weighted by Crippen LogP contribution is 2.33. The van der Waals surface area contributed by atoms with Gasteiger partial charge in [0.25, 0.3) is 0 Å². The zero-order chi connectivity index (χ0) is 24.1. The van der Waals surface area contributed by atoms with Gasteiger partial charge in [-0.2, -0.15) is 14.8 Å². The Kier molecular flexibility index (Phi) is 5.92. The smallest absolute Gasteiger partial charge is 0.341 e. The summed E-state index contributed by atoms with van der Waals surface area (Å²) in [6.45, 7) is 5.08. The lowest BCUT2D eigenvalue weighted by molar-refractivity contribution is -0.156. The van der Waals surface area contributed by atoms with Crippen LogP contribution in [0.3, 0.4) is 0 Å². The number of ether oxygens (including phenoxy) is 2. The zero-order valence-corrected chi connectivity index (χ0v) is 18.5. The lowest BCUT2D eigenvalue weighted by Crippen LogP contribution is -2.35. The molecular weight excluding hydrogens is 462 g/mol. The van der Waals surface area contributed by atoms with Crippen molar-refractivity contribution in [2.75, 3.05) is 12.3 Å². The van der Waals surface area contributed by atoms with Crippen molar-refractivity contribution in [1.82, 2.24) is 39.7 Å². The largest absolute Gasteiger partial charge is 0.479 e. The van der Waals surface area contributed by atoms with E-state index >= 15 is 0 Å². The number of halogens is 1. The SMILES string of the molecule is CC(C)(C)n1nnc(C(OC[C@H]2O[C@@H](n3cnc4c(N)nc(Cl)nc43)[C@H](O)[C@H]2O)C(=O)O)n1. The molecule has 0 bridgehead atoms. The number of nitrogens with zero attached hydrogens (tertiary/aromatic N) is 8. The number of fused-ring (bicyclic) bond motifs is 1. The standard InChI is InChI=1S/C17H22ClN9O6/c1-17(2,3)27-24-12(23-25-27)10(15(30)31)32-4-6-8(28)9(29)14(33-6)26-5-20-7-11(19)21-16(18)22-13(7)26/h5-6,8-10,14,28-29H,4H2,1-3H3,(H,30,31)(H2,19,21,22)/t6-,8+,9-,10?,14-/m1/s1. The van der Waals surface area contributed by atoms with E-state index in [9.17, 15) is 20.1 Å². The maximum Gasteiger partial charge on any atom is 0.341 e. The van der Waals surface area contributed by atoms with Crippen molar-refractivity contribution in [3.05, 3.63) is 17.4 Å². The fourth-order valence-corrected chi connectivity index (χ4v) is 3.43. The van der Waals surface area contributed by atoms with E-state index in [2.05, 4.69) is 30.4 Å². The molecule has 0 radical (unpaired) electrons. The average molecular weight is 484 g/mol. The minimum Gasteiger partial charge on any atom is -0.479 e. The van der Waals surface area contributed by atoms with Crippen LogP contribution in [0.15, 0.2) is 6.33 Å². The zero-order valence-electron chi connectivity index (χ0n) is 17.8. The van der Waals surface area contributed by atoms with Crippen LogP contribution >= 0.6 is 11.6 Å². The monoisotopic (exact) mass is 483 g/mol. The van der Waals surface area contributed by atoms with Gasteiger partial charge in [0.15, 0.2) is 17.7 Å². The molecule has 178 valence electrons. The molecule has 4 heterocycles. The van der Waals surface area contributed by atoms with Gasteiger partial charge in [0.2, 0.25) is 17.2 Å². The maximum atomic E-state index is 11.7. The van der Waals surface area contributed by atoms with Gasteiger partial charge in [-0.15, -0.1) is 10.2 Å². The molecule has 0 saturated carbocycles. The first-order valence-corrected chi connectivity index (χ1v) is 10.2. The van der Waals surface area contributed by atoms with Gasteiger partial charge in [0.05, 0.1) is 18.5 Å². The summed E-state index contributed by atoms with van der Waals surface area (Å²) in [4.78, 5) is 25.0. The number of anilines is 1. The molecule has 1 unspecified atom stereocenters. The summed E-state index contributed by atoms with van der Waals surface area (Å²) in [5.41, 5.74) is 5.71. The number of nitrogens with two attached hydrogens (primary N) is 1. The number of imidazole rings is 1. The molecule has 0 aliphatic carbocycles. The second kappa shape index (κ2) is 8.42. The van der Waals surface area contributed by atoms with Crippen molar-refractivity contribution in [3.8, 4) is 0 Å². The molecule has 1 aliphatic rings. The Bertz CT molecular complexity index is 1180. The third-order valence-electron chi connectivity index (χ3n) is 4.95. The maximum absolute atomic E-state index is 11.7. The average Bonchev–Trinajstić information content (AvgIpc) is 3.42. The van der Waals surface area contributed by atoms with Crippen LogP contribution in [-0.2, 0) is 19.8 Å². The summed E-state index contributed by atoms with van der Waals surface area (Å²) < 4.78 is 12.5. The van der Waals surface area contributed by atoms with Gasteiger partial charge < -0.3 is 30.5 Å². The Balaban J connectivity index is 1.51. The van der Waals surface area contributed by atoms with E-state index in [0.717, 1.165) is 0 Å². The van der Waals surface area contributed by atoms with Crippen LogP contribution in [-0.4, -0.2) is 85.9 Å². The van der Waals surface area contributed by atoms with E-state index in [1.54, 1.807) is 0 Å². The first kappa shape index (κ1) is 23.2. The number of hydrogen-bond donors (Lipinski definition) is 4. The summed E-state index contributed by atoms with van der Waals surface area (Å²) in [5.74, 6) is -1.48.